The molecular formula is C12H13BrN2OS. The molecule has 0 amide bonds. The maximum atomic E-state index is 5.32. The van der Waals surface area contributed by atoms with E-state index >= 15 is 0 Å². The first kappa shape index (κ1) is 12.4. The lowest BCUT2D eigenvalue weighted by atomic mass is 10.2. The van der Waals surface area contributed by atoms with Crippen molar-refractivity contribution in [2.75, 3.05) is 12.4 Å². The van der Waals surface area contributed by atoms with Crippen molar-refractivity contribution in [1.29, 1.82) is 0 Å². The molecule has 0 fully saturated rings. The molecule has 1 N–H and O–H groups in total. The second kappa shape index (κ2) is 5.51. The number of halogens is 1. The Kier molecular flexibility index (Phi) is 4.02. The van der Waals surface area contributed by atoms with E-state index in [1.165, 1.54) is 4.88 Å². The molecular weight excluding hydrogens is 300 g/mol. The lowest BCUT2D eigenvalue weighted by molar-refractivity contribution is 0.416. The van der Waals surface area contributed by atoms with E-state index in [4.69, 9.17) is 4.74 Å². The molecule has 0 aliphatic carbocycles. The molecule has 0 bridgehead atoms. The smallest absolute Gasteiger partial charge is 0.142 e. The molecule has 3 nitrogen and oxygen atoms in total. The van der Waals surface area contributed by atoms with Gasteiger partial charge in [-0.05, 0) is 25.1 Å². The van der Waals surface area contributed by atoms with Gasteiger partial charge in [0.1, 0.15) is 5.75 Å². The van der Waals surface area contributed by atoms with Crippen LogP contribution < -0.4 is 10.1 Å². The van der Waals surface area contributed by atoms with Crippen LogP contribution in [-0.2, 0) is 0 Å². The van der Waals surface area contributed by atoms with Crippen LogP contribution in [-0.4, -0.2) is 12.1 Å². The van der Waals surface area contributed by atoms with Gasteiger partial charge in [0.25, 0.3) is 0 Å². The molecule has 2 aromatic rings. The van der Waals surface area contributed by atoms with Crippen molar-refractivity contribution in [2.45, 2.75) is 13.0 Å². The van der Waals surface area contributed by atoms with Crippen LogP contribution in [0.15, 0.2) is 34.4 Å². The maximum absolute atomic E-state index is 5.32. The Bertz CT molecular complexity index is 487. The highest BCUT2D eigenvalue weighted by atomic mass is 79.9. The molecule has 5 heteroatoms. The lowest BCUT2D eigenvalue weighted by Gasteiger charge is -2.16. The van der Waals surface area contributed by atoms with Gasteiger partial charge in [0.15, 0.2) is 0 Å². The first-order valence-electron chi connectivity index (χ1n) is 5.19. The van der Waals surface area contributed by atoms with Gasteiger partial charge < -0.3 is 10.1 Å². The fourth-order valence-electron chi connectivity index (χ4n) is 1.54. The van der Waals surface area contributed by atoms with Crippen molar-refractivity contribution in [2.24, 2.45) is 0 Å². The third kappa shape index (κ3) is 2.98. The summed E-state index contributed by atoms with van der Waals surface area (Å²) in [6.45, 7) is 2.11. The van der Waals surface area contributed by atoms with E-state index in [2.05, 4.69) is 33.2 Å². The van der Waals surface area contributed by atoms with Gasteiger partial charge in [-0.25, -0.2) is 0 Å². The number of anilines is 1. The van der Waals surface area contributed by atoms with Crippen LogP contribution in [0.25, 0.3) is 0 Å². The van der Waals surface area contributed by atoms with E-state index in [1.54, 1.807) is 18.4 Å². The van der Waals surface area contributed by atoms with Crippen molar-refractivity contribution in [1.82, 2.24) is 4.98 Å². The molecule has 17 heavy (non-hydrogen) atoms. The number of ether oxygens (including phenoxy) is 1. The predicted octanol–water partition coefficient (Wildman–Crippen LogP) is 4.09. The van der Waals surface area contributed by atoms with Gasteiger partial charge in [0.2, 0.25) is 0 Å². The highest BCUT2D eigenvalue weighted by Gasteiger charge is 2.10. The molecule has 2 rings (SSSR count). The summed E-state index contributed by atoms with van der Waals surface area (Å²) in [5.74, 6) is 0.838. The minimum Gasteiger partial charge on any atom is -0.495 e. The quantitative estimate of drug-likeness (QED) is 0.923. The molecule has 1 unspecified atom stereocenters. The Balaban J connectivity index is 2.20. The third-order valence-corrected chi connectivity index (χ3v) is 3.86. The van der Waals surface area contributed by atoms with Crippen molar-refractivity contribution in [3.63, 3.8) is 0 Å². The fraction of sp³-hybridized carbons (Fsp3) is 0.250. The molecule has 0 spiro atoms. The number of hydrogen-bond acceptors (Lipinski definition) is 4. The summed E-state index contributed by atoms with van der Waals surface area (Å²) in [6.07, 6.45) is 1.88. The second-order valence-electron chi connectivity index (χ2n) is 3.61. The number of thiazole rings is 1. The topological polar surface area (TPSA) is 34.1 Å². The monoisotopic (exact) mass is 312 g/mol. The van der Waals surface area contributed by atoms with E-state index < -0.39 is 0 Å². The lowest BCUT2D eigenvalue weighted by Crippen LogP contribution is -2.06. The molecule has 0 radical (unpaired) electrons. The van der Waals surface area contributed by atoms with Gasteiger partial charge in [0, 0.05) is 15.5 Å². The van der Waals surface area contributed by atoms with E-state index in [0.717, 1.165) is 15.9 Å². The van der Waals surface area contributed by atoms with Crippen molar-refractivity contribution < 1.29 is 4.74 Å². The summed E-state index contributed by atoms with van der Waals surface area (Å²) in [6, 6.07) is 6.12. The number of nitrogens with zero attached hydrogens (tertiary/aromatic N) is 1. The van der Waals surface area contributed by atoms with Crippen molar-refractivity contribution >= 4 is 33.0 Å². The van der Waals surface area contributed by atoms with Gasteiger partial charge in [-0.1, -0.05) is 15.9 Å². The van der Waals surface area contributed by atoms with Crippen LogP contribution in [0.1, 0.15) is 17.8 Å². The van der Waals surface area contributed by atoms with E-state index in [-0.39, 0.29) is 6.04 Å². The zero-order valence-corrected chi connectivity index (χ0v) is 12.0. The predicted molar refractivity (Wildman–Crippen MR) is 74.8 cm³/mol. The fourth-order valence-corrected chi connectivity index (χ4v) is 2.53. The largest absolute Gasteiger partial charge is 0.495 e. The summed E-state index contributed by atoms with van der Waals surface area (Å²) in [5, 5.41) is 3.42. The standard InChI is InChI=1S/C12H13BrN2OS/c1-8(12-6-14-7-17-12)15-10-5-9(13)3-4-11(10)16-2/h3-8,15H,1-2H3. The molecule has 1 aromatic carbocycles. The van der Waals surface area contributed by atoms with Crippen LogP contribution in [0.5, 0.6) is 5.75 Å². The molecule has 0 aliphatic rings. The Morgan fingerprint density at radius 2 is 2.29 bits per heavy atom. The average molecular weight is 313 g/mol. The Morgan fingerprint density at radius 1 is 1.47 bits per heavy atom. The van der Waals surface area contributed by atoms with Crippen LogP contribution in [0.4, 0.5) is 5.69 Å². The van der Waals surface area contributed by atoms with Gasteiger partial charge in [0.05, 0.1) is 24.3 Å². The van der Waals surface area contributed by atoms with Gasteiger partial charge >= 0.3 is 0 Å². The average Bonchev–Trinajstić information content (AvgIpc) is 2.83. The van der Waals surface area contributed by atoms with Crippen LogP contribution >= 0.6 is 27.3 Å². The first-order chi connectivity index (χ1) is 8.20. The van der Waals surface area contributed by atoms with Gasteiger partial charge in [-0.15, -0.1) is 11.3 Å². The number of methoxy groups -OCH3 is 1. The van der Waals surface area contributed by atoms with E-state index in [0.29, 0.717) is 0 Å². The zero-order valence-electron chi connectivity index (χ0n) is 9.61. The third-order valence-electron chi connectivity index (χ3n) is 2.41. The SMILES string of the molecule is COc1ccc(Br)cc1NC(C)c1cncs1. The minimum atomic E-state index is 0.214. The molecule has 0 saturated heterocycles. The number of aromatic nitrogens is 1. The normalized spacial score (nSPS) is 12.2. The molecule has 1 heterocycles. The Hall–Kier alpha value is -1.07. The summed E-state index contributed by atoms with van der Waals surface area (Å²) in [4.78, 5) is 5.28. The van der Waals surface area contributed by atoms with Crippen LogP contribution in [0, 0.1) is 0 Å². The number of hydrogen-bond donors (Lipinski definition) is 1. The highest BCUT2D eigenvalue weighted by molar-refractivity contribution is 9.10. The molecule has 90 valence electrons. The van der Waals surface area contributed by atoms with Crippen molar-refractivity contribution in [3.05, 3.63) is 39.3 Å². The molecule has 0 aliphatic heterocycles. The Labute approximate surface area is 113 Å². The van der Waals surface area contributed by atoms with E-state index in [9.17, 15) is 0 Å². The zero-order chi connectivity index (χ0) is 12.3. The first-order valence-corrected chi connectivity index (χ1v) is 6.86. The second-order valence-corrected chi connectivity index (χ2v) is 5.45. The molecule has 1 atom stereocenters. The van der Waals surface area contributed by atoms with Crippen molar-refractivity contribution in [3.8, 4) is 5.75 Å². The van der Waals surface area contributed by atoms with E-state index in [1.807, 2.05) is 29.9 Å². The summed E-state index contributed by atoms with van der Waals surface area (Å²) in [7, 11) is 1.67. The summed E-state index contributed by atoms with van der Waals surface area (Å²) >= 11 is 5.10. The highest BCUT2D eigenvalue weighted by Crippen LogP contribution is 2.31. The summed E-state index contributed by atoms with van der Waals surface area (Å²) < 4.78 is 6.35. The minimum absolute atomic E-state index is 0.214. The van der Waals surface area contributed by atoms with Gasteiger partial charge in [-0.3, -0.25) is 4.98 Å². The maximum Gasteiger partial charge on any atom is 0.142 e. The molecule has 0 saturated carbocycles. The number of rotatable bonds is 4. The van der Waals surface area contributed by atoms with Gasteiger partial charge in [-0.2, -0.15) is 0 Å². The van der Waals surface area contributed by atoms with Crippen LogP contribution in [0.2, 0.25) is 0 Å². The van der Waals surface area contributed by atoms with Crippen LogP contribution in [0.3, 0.4) is 0 Å². The molecule has 1 aromatic heterocycles. The summed E-state index contributed by atoms with van der Waals surface area (Å²) in [5.41, 5.74) is 2.81. The number of nitrogens with one attached hydrogen (secondary N) is 1. The Morgan fingerprint density at radius 3 is 2.94 bits per heavy atom. The number of benzene rings is 1.